The number of rotatable bonds is 9. The summed E-state index contributed by atoms with van der Waals surface area (Å²) in [6, 6.07) is 6.26. The number of ether oxygens (including phenoxy) is 4. The van der Waals surface area contributed by atoms with Crippen molar-refractivity contribution < 1.29 is 33.3 Å². The Bertz CT molecular complexity index is 730. The molecule has 1 fully saturated rings. The van der Waals surface area contributed by atoms with Crippen LogP contribution in [0.4, 0.5) is 4.79 Å². The molecule has 30 heavy (non-hydrogen) atoms. The minimum absolute atomic E-state index is 0.0450. The lowest BCUT2D eigenvalue weighted by Crippen LogP contribution is -2.24. The molecule has 7 nitrogen and oxygen atoms in total. The molecular weight excluding hydrogens is 388 g/mol. The predicted molar refractivity (Wildman–Crippen MR) is 110 cm³/mol. The molecule has 0 saturated heterocycles. The first-order valence-corrected chi connectivity index (χ1v) is 10.3. The number of carbonyl (C=O) groups is 3. The Hall–Kier alpha value is -2.83. The third-order valence-electron chi connectivity index (χ3n) is 4.93. The van der Waals surface area contributed by atoms with Gasteiger partial charge in [-0.25, -0.2) is 9.59 Å². The van der Waals surface area contributed by atoms with Crippen molar-refractivity contribution in [2.24, 2.45) is 11.8 Å². The van der Waals surface area contributed by atoms with E-state index in [-0.39, 0.29) is 25.1 Å². The zero-order valence-electron chi connectivity index (χ0n) is 17.7. The van der Waals surface area contributed by atoms with Gasteiger partial charge in [0.15, 0.2) is 0 Å². The zero-order chi connectivity index (χ0) is 21.9. The van der Waals surface area contributed by atoms with Gasteiger partial charge in [0.2, 0.25) is 0 Å². The minimum atomic E-state index is -0.824. The van der Waals surface area contributed by atoms with Crippen molar-refractivity contribution in [3.8, 4) is 11.5 Å². The number of unbranched alkanes of at least 4 members (excludes halogenated alkanes) is 1. The van der Waals surface area contributed by atoms with Gasteiger partial charge in [0, 0.05) is 5.57 Å². The van der Waals surface area contributed by atoms with Crippen LogP contribution < -0.4 is 9.47 Å². The molecule has 0 aliphatic heterocycles. The van der Waals surface area contributed by atoms with Crippen LogP contribution in [0, 0.1) is 11.8 Å². The number of benzene rings is 1. The standard InChI is InChI=1S/C23H30O7/c1-16(2)21(24)27-14-4-5-15-28-23(26)30-20-12-10-19(11-13-20)29-22(25)18-8-6-17(3)7-9-18/h10-13,17-18H,1,4-9,14-15H2,2-3H3/t17-,18-. The molecule has 1 aliphatic rings. The quantitative estimate of drug-likeness (QED) is 0.186. The van der Waals surface area contributed by atoms with E-state index in [9.17, 15) is 14.4 Å². The van der Waals surface area contributed by atoms with Crippen molar-refractivity contribution in [2.45, 2.75) is 52.4 Å². The summed E-state index contributed by atoms with van der Waals surface area (Å²) in [7, 11) is 0. The second-order valence-electron chi connectivity index (χ2n) is 7.67. The molecule has 0 aromatic heterocycles. The van der Waals surface area contributed by atoms with E-state index in [2.05, 4.69) is 13.5 Å². The lowest BCUT2D eigenvalue weighted by Gasteiger charge is -2.24. The first-order valence-electron chi connectivity index (χ1n) is 10.3. The Morgan fingerprint density at radius 3 is 2.00 bits per heavy atom. The predicted octanol–water partition coefficient (Wildman–Crippen LogP) is 4.83. The van der Waals surface area contributed by atoms with E-state index in [1.165, 1.54) is 0 Å². The Kier molecular flexibility index (Phi) is 9.38. The van der Waals surface area contributed by atoms with Crippen molar-refractivity contribution in [1.29, 1.82) is 0 Å². The molecule has 1 aliphatic carbocycles. The third-order valence-corrected chi connectivity index (χ3v) is 4.93. The van der Waals surface area contributed by atoms with Gasteiger partial charge in [-0.1, -0.05) is 13.5 Å². The van der Waals surface area contributed by atoms with Crippen LogP contribution in [0.5, 0.6) is 11.5 Å². The van der Waals surface area contributed by atoms with Gasteiger partial charge in [0.05, 0.1) is 19.1 Å². The maximum atomic E-state index is 12.2. The highest BCUT2D eigenvalue weighted by atomic mass is 16.7. The van der Waals surface area contributed by atoms with E-state index >= 15 is 0 Å². The van der Waals surface area contributed by atoms with E-state index in [4.69, 9.17) is 18.9 Å². The van der Waals surface area contributed by atoms with Gasteiger partial charge < -0.3 is 18.9 Å². The SMILES string of the molecule is C=C(C)C(=O)OCCCCOC(=O)Oc1ccc(OC(=O)[C@H]2CC[C@H](C)CC2)cc1. The summed E-state index contributed by atoms with van der Waals surface area (Å²) in [5, 5.41) is 0. The van der Waals surface area contributed by atoms with Crippen LogP contribution in [-0.4, -0.2) is 31.3 Å². The summed E-state index contributed by atoms with van der Waals surface area (Å²) < 4.78 is 20.4. The molecule has 0 unspecified atom stereocenters. The molecule has 0 spiro atoms. The Morgan fingerprint density at radius 2 is 1.43 bits per heavy atom. The van der Waals surface area contributed by atoms with Crippen LogP contribution in [0.3, 0.4) is 0 Å². The average Bonchev–Trinajstić information content (AvgIpc) is 2.72. The highest BCUT2D eigenvalue weighted by Crippen LogP contribution is 2.29. The Morgan fingerprint density at radius 1 is 0.900 bits per heavy atom. The van der Waals surface area contributed by atoms with E-state index in [1.54, 1.807) is 31.2 Å². The first-order chi connectivity index (χ1) is 14.3. The molecule has 1 aromatic carbocycles. The van der Waals surface area contributed by atoms with Crippen LogP contribution in [0.25, 0.3) is 0 Å². The molecule has 0 N–H and O–H groups in total. The monoisotopic (exact) mass is 418 g/mol. The highest BCUT2D eigenvalue weighted by Gasteiger charge is 2.25. The van der Waals surface area contributed by atoms with E-state index in [0.29, 0.717) is 35.8 Å². The Labute approximate surface area is 177 Å². The topological polar surface area (TPSA) is 88.1 Å². The molecule has 1 aromatic rings. The van der Waals surface area contributed by atoms with Crippen LogP contribution >= 0.6 is 0 Å². The summed E-state index contributed by atoms with van der Waals surface area (Å²) in [6.07, 6.45) is 4.10. The third kappa shape index (κ3) is 8.27. The molecule has 0 atom stereocenters. The second-order valence-corrected chi connectivity index (χ2v) is 7.67. The number of carbonyl (C=O) groups excluding carboxylic acids is 3. The largest absolute Gasteiger partial charge is 0.513 e. The highest BCUT2D eigenvalue weighted by molar-refractivity contribution is 5.86. The van der Waals surface area contributed by atoms with E-state index < -0.39 is 12.1 Å². The van der Waals surface area contributed by atoms with Gasteiger partial charge in [-0.15, -0.1) is 0 Å². The van der Waals surface area contributed by atoms with Gasteiger partial charge in [-0.2, -0.15) is 0 Å². The molecule has 1 saturated carbocycles. The molecule has 164 valence electrons. The Balaban J connectivity index is 1.63. The summed E-state index contributed by atoms with van der Waals surface area (Å²) in [5.74, 6) is 0.702. The molecule has 7 heteroatoms. The smallest absolute Gasteiger partial charge is 0.462 e. The second kappa shape index (κ2) is 12.0. The normalized spacial score (nSPS) is 18.2. The fourth-order valence-electron chi connectivity index (χ4n) is 3.04. The van der Waals surface area contributed by atoms with Crippen molar-refractivity contribution in [3.05, 3.63) is 36.4 Å². The molecular formula is C23H30O7. The fraction of sp³-hybridized carbons (Fsp3) is 0.522. The van der Waals surface area contributed by atoms with Crippen LogP contribution in [0.15, 0.2) is 36.4 Å². The van der Waals surface area contributed by atoms with E-state index in [1.807, 2.05) is 0 Å². The fourth-order valence-corrected chi connectivity index (χ4v) is 3.04. The molecule has 0 radical (unpaired) electrons. The maximum Gasteiger partial charge on any atom is 0.513 e. The van der Waals surface area contributed by atoms with Gasteiger partial charge in [-0.05, 0) is 75.6 Å². The van der Waals surface area contributed by atoms with Crippen molar-refractivity contribution >= 4 is 18.1 Å². The summed E-state index contributed by atoms with van der Waals surface area (Å²) in [5.41, 5.74) is 0.347. The lowest BCUT2D eigenvalue weighted by atomic mass is 9.83. The van der Waals surface area contributed by atoms with Crippen LogP contribution in [-0.2, 0) is 19.1 Å². The molecule has 2 rings (SSSR count). The van der Waals surface area contributed by atoms with Crippen molar-refractivity contribution in [1.82, 2.24) is 0 Å². The maximum absolute atomic E-state index is 12.2. The van der Waals surface area contributed by atoms with Gasteiger partial charge in [0.1, 0.15) is 11.5 Å². The van der Waals surface area contributed by atoms with Crippen LogP contribution in [0.2, 0.25) is 0 Å². The van der Waals surface area contributed by atoms with Crippen molar-refractivity contribution in [3.63, 3.8) is 0 Å². The van der Waals surface area contributed by atoms with Gasteiger partial charge >= 0.3 is 18.1 Å². The lowest BCUT2D eigenvalue weighted by molar-refractivity contribution is -0.140. The van der Waals surface area contributed by atoms with Gasteiger partial charge in [-0.3, -0.25) is 4.79 Å². The van der Waals surface area contributed by atoms with E-state index in [0.717, 1.165) is 25.7 Å². The zero-order valence-corrected chi connectivity index (χ0v) is 17.7. The average molecular weight is 418 g/mol. The minimum Gasteiger partial charge on any atom is -0.462 e. The number of hydrogen-bond donors (Lipinski definition) is 0. The summed E-state index contributed by atoms with van der Waals surface area (Å²) >= 11 is 0. The van der Waals surface area contributed by atoms with Gasteiger partial charge in [0.25, 0.3) is 0 Å². The van der Waals surface area contributed by atoms with Crippen molar-refractivity contribution in [2.75, 3.05) is 13.2 Å². The van der Waals surface area contributed by atoms with Crippen LogP contribution in [0.1, 0.15) is 52.4 Å². The summed E-state index contributed by atoms with van der Waals surface area (Å²) in [4.78, 5) is 35.2. The summed E-state index contributed by atoms with van der Waals surface area (Å²) in [6.45, 7) is 7.66. The molecule has 0 heterocycles. The number of esters is 2. The molecule has 0 amide bonds. The first kappa shape index (κ1) is 23.4. The molecule has 0 bridgehead atoms. The number of hydrogen-bond acceptors (Lipinski definition) is 7.